The third-order valence-corrected chi connectivity index (χ3v) is 3.73. The van der Waals surface area contributed by atoms with Crippen molar-refractivity contribution in [2.75, 3.05) is 27.2 Å². The zero-order valence-electron chi connectivity index (χ0n) is 11.9. The molecule has 0 radical (unpaired) electrons. The smallest absolute Gasteiger partial charge is 0.211 e. The molecule has 2 atom stereocenters. The van der Waals surface area contributed by atoms with Crippen LogP contribution in [-0.2, 0) is 11.3 Å². The van der Waals surface area contributed by atoms with Crippen molar-refractivity contribution in [1.82, 2.24) is 14.7 Å². The van der Waals surface area contributed by atoms with Gasteiger partial charge in [-0.05, 0) is 26.9 Å². The van der Waals surface area contributed by atoms with E-state index in [2.05, 4.69) is 5.10 Å². The Kier molecular flexibility index (Phi) is 5.15. The molecule has 1 aliphatic rings. The van der Waals surface area contributed by atoms with Crippen LogP contribution in [0.1, 0.15) is 23.3 Å². The van der Waals surface area contributed by atoms with E-state index in [0.29, 0.717) is 30.2 Å². The van der Waals surface area contributed by atoms with Crippen molar-refractivity contribution in [1.29, 1.82) is 0 Å². The number of halogens is 1. The molecule has 2 N–H and O–H groups in total. The second-order valence-corrected chi connectivity index (χ2v) is 5.70. The molecule has 1 saturated heterocycles. The van der Waals surface area contributed by atoms with E-state index < -0.39 is 6.10 Å². The Morgan fingerprint density at radius 1 is 1.60 bits per heavy atom. The Hall–Kier alpha value is -0.950. The fourth-order valence-electron chi connectivity index (χ4n) is 2.30. The van der Waals surface area contributed by atoms with E-state index in [0.717, 1.165) is 13.0 Å². The maximum absolute atomic E-state index is 12.5. The van der Waals surface area contributed by atoms with Crippen molar-refractivity contribution < 1.29 is 9.53 Å². The van der Waals surface area contributed by atoms with Gasteiger partial charge < -0.3 is 15.4 Å². The molecule has 6 nitrogen and oxygen atoms in total. The van der Waals surface area contributed by atoms with E-state index >= 15 is 0 Å². The van der Waals surface area contributed by atoms with E-state index in [1.54, 1.807) is 4.68 Å². The SMILES string of the molecule is CN(C)CCn1ncc(Cl)c1C(=O)C1CCC(CN)O1. The van der Waals surface area contributed by atoms with Crippen LogP contribution in [0.5, 0.6) is 0 Å². The molecular formula is C13H21ClN4O2. The van der Waals surface area contributed by atoms with Gasteiger partial charge in [0, 0.05) is 13.1 Å². The second-order valence-electron chi connectivity index (χ2n) is 5.29. The number of aromatic nitrogens is 2. The van der Waals surface area contributed by atoms with Crippen LogP contribution in [0.3, 0.4) is 0 Å². The number of ether oxygens (including phenoxy) is 1. The molecule has 7 heteroatoms. The lowest BCUT2D eigenvalue weighted by Crippen LogP contribution is -2.28. The van der Waals surface area contributed by atoms with Crippen molar-refractivity contribution in [3.8, 4) is 0 Å². The molecule has 20 heavy (non-hydrogen) atoms. The molecule has 2 unspecified atom stereocenters. The van der Waals surface area contributed by atoms with Crippen LogP contribution in [0.4, 0.5) is 0 Å². The van der Waals surface area contributed by atoms with E-state index in [1.165, 1.54) is 6.20 Å². The number of ketones is 1. The highest BCUT2D eigenvalue weighted by molar-refractivity contribution is 6.33. The highest BCUT2D eigenvalue weighted by atomic mass is 35.5. The summed E-state index contributed by atoms with van der Waals surface area (Å²) in [5, 5.41) is 4.56. The van der Waals surface area contributed by atoms with Gasteiger partial charge in [0.15, 0.2) is 0 Å². The number of rotatable bonds is 6. The van der Waals surface area contributed by atoms with Crippen molar-refractivity contribution in [2.24, 2.45) is 5.73 Å². The van der Waals surface area contributed by atoms with Gasteiger partial charge in [-0.25, -0.2) is 0 Å². The Morgan fingerprint density at radius 3 is 2.95 bits per heavy atom. The molecule has 2 rings (SSSR count). The topological polar surface area (TPSA) is 73.4 Å². The number of nitrogens with zero attached hydrogens (tertiary/aromatic N) is 3. The molecule has 2 heterocycles. The first-order chi connectivity index (χ1) is 9.52. The van der Waals surface area contributed by atoms with E-state index in [4.69, 9.17) is 22.1 Å². The van der Waals surface area contributed by atoms with Crippen LogP contribution in [-0.4, -0.2) is 59.9 Å². The lowest BCUT2D eigenvalue weighted by molar-refractivity contribution is 0.0395. The molecule has 0 spiro atoms. The number of Topliss-reactive ketones (excluding diaryl/α,β-unsaturated/α-hetero) is 1. The predicted molar refractivity (Wildman–Crippen MR) is 77.1 cm³/mol. The Bertz CT molecular complexity index is 475. The van der Waals surface area contributed by atoms with Gasteiger partial charge in [0.25, 0.3) is 0 Å². The van der Waals surface area contributed by atoms with Gasteiger partial charge in [0.2, 0.25) is 5.78 Å². The summed E-state index contributed by atoms with van der Waals surface area (Å²) in [6.45, 7) is 1.85. The van der Waals surface area contributed by atoms with Gasteiger partial charge in [-0.3, -0.25) is 9.48 Å². The number of carbonyl (C=O) groups excluding carboxylic acids is 1. The van der Waals surface area contributed by atoms with Crippen molar-refractivity contribution >= 4 is 17.4 Å². The molecule has 1 fully saturated rings. The van der Waals surface area contributed by atoms with Gasteiger partial charge in [0.05, 0.1) is 23.9 Å². The Labute approximate surface area is 123 Å². The number of nitrogens with two attached hydrogens (primary N) is 1. The first-order valence-corrected chi connectivity index (χ1v) is 7.16. The summed E-state index contributed by atoms with van der Waals surface area (Å²) in [5.41, 5.74) is 6.01. The maximum atomic E-state index is 12.5. The molecule has 1 aliphatic heterocycles. The molecule has 112 valence electrons. The highest BCUT2D eigenvalue weighted by Gasteiger charge is 2.33. The van der Waals surface area contributed by atoms with Gasteiger partial charge in [-0.2, -0.15) is 5.10 Å². The largest absolute Gasteiger partial charge is 0.365 e. The lowest BCUT2D eigenvalue weighted by Gasteiger charge is -2.14. The second kappa shape index (κ2) is 6.67. The minimum Gasteiger partial charge on any atom is -0.365 e. The fourth-order valence-corrected chi connectivity index (χ4v) is 2.53. The maximum Gasteiger partial charge on any atom is 0.211 e. The monoisotopic (exact) mass is 300 g/mol. The fraction of sp³-hybridized carbons (Fsp3) is 0.692. The van der Waals surface area contributed by atoms with Crippen LogP contribution >= 0.6 is 11.6 Å². The summed E-state index contributed by atoms with van der Waals surface area (Å²) in [5.74, 6) is -0.0952. The summed E-state index contributed by atoms with van der Waals surface area (Å²) in [4.78, 5) is 14.6. The minimum absolute atomic E-state index is 0.0270. The van der Waals surface area contributed by atoms with Gasteiger partial charge in [-0.1, -0.05) is 11.6 Å². The first-order valence-electron chi connectivity index (χ1n) is 6.78. The number of carbonyl (C=O) groups is 1. The third kappa shape index (κ3) is 3.38. The number of likely N-dealkylation sites (N-methyl/N-ethyl adjacent to an activating group) is 1. The van der Waals surface area contributed by atoms with E-state index in [1.807, 2.05) is 19.0 Å². The zero-order chi connectivity index (χ0) is 14.7. The minimum atomic E-state index is -0.448. The standard InChI is InChI=1S/C13H21ClN4O2/c1-17(2)5-6-18-12(10(14)8-16-18)13(19)11-4-3-9(7-15)20-11/h8-9,11H,3-7,15H2,1-2H3. The summed E-state index contributed by atoms with van der Waals surface area (Å²) < 4.78 is 7.30. The summed E-state index contributed by atoms with van der Waals surface area (Å²) >= 11 is 6.11. The molecule has 0 amide bonds. The average Bonchev–Trinajstić information content (AvgIpc) is 3.02. The highest BCUT2D eigenvalue weighted by Crippen LogP contribution is 2.25. The molecule has 1 aromatic rings. The number of hydrogen-bond donors (Lipinski definition) is 1. The summed E-state index contributed by atoms with van der Waals surface area (Å²) in [7, 11) is 3.94. The van der Waals surface area contributed by atoms with Crippen molar-refractivity contribution in [2.45, 2.75) is 31.6 Å². The van der Waals surface area contributed by atoms with Crippen LogP contribution in [0, 0.1) is 0 Å². The third-order valence-electron chi connectivity index (χ3n) is 3.45. The lowest BCUT2D eigenvalue weighted by atomic mass is 10.1. The van der Waals surface area contributed by atoms with Gasteiger partial charge >= 0.3 is 0 Å². The molecule has 0 saturated carbocycles. The normalized spacial score (nSPS) is 22.6. The Balaban J connectivity index is 2.11. The molecule has 0 bridgehead atoms. The van der Waals surface area contributed by atoms with Crippen LogP contribution in [0.15, 0.2) is 6.20 Å². The van der Waals surface area contributed by atoms with E-state index in [-0.39, 0.29) is 11.9 Å². The predicted octanol–water partition coefficient (Wildman–Crippen LogP) is 0.787. The molecule has 1 aromatic heterocycles. The van der Waals surface area contributed by atoms with Gasteiger partial charge in [0.1, 0.15) is 11.8 Å². The average molecular weight is 301 g/mol. The van der Waals surface area contributed by atoms with Crippen molar-refractivity contribution in [3.63, 3.8) is 0 Å². The Morgan fingerprint density at radius 2 is 2.35 bits per heavy atom. The van der Waals surface area contributed by atoms with Crippen LogP contribution in [0.2, 0.25) is 5.02 Å². The first kappa shape index (κ1) is 15.4. The van der Waals surface area contributed by atoms with Crippen LogP contribution < -0.4 is 5.73 Å². The number of hydrogen-bond acceptors (Lipinski definition) is 5. The van der Waals surface area contributed by atoms with E-state index in [9.17, 15) is 4.79 Å². The summed E-state index contributed by atoms with van der Waals surface area (Å²) in [6, 6.07) is 0. The van der Waals surface area contributed by atoms with Crippen LogP contribution in [0.25, 0.3) is 0 Å². The van der Waals surface area contributed by atoms with Crippen molar-refractivity contribution in [3.05, 3.63) is 16.9 Å². The zero-order valence-corrected chi connectivity index (χ0v) is 12.6. The molecule has 0 aliphatic carbocycles. The quantitative estimate of drug-likeness (QED) is 0.786. The molecule has 0 aromatic carbocycles. The van der Waals surface area contributed by atoms with Gasteiger partial charge in [-0.15, -0.1) is 0 Å². The summed E-state index contributed by atoms with van der Waals surface area (Å²) in [6.07, 6.45) is 2.54. The molecular weight excluding hydrogens is 280 g/mol.